The van der Waals surface area contributed by atoms with Crippen LogP contribution in [0.5, 0.6) is 0 Å². The van der Waals surface area contributed by atoms with Crippen molar-refractivity contribution in [1.29, 1.82) is 0 Å². The molecule has 2 fully saturated rings. The van der Waals surface area contributed by atoms with Crippen LogP contribution in [0.2, 0.25) is 5.02 Å². The number of aromatic carboxylic acids is 1. The number of halogens is 4. The van der Waals surface area contributed by atoms with Crippen LogP contribution in [0.15, 0.2) is 42.6 Å². The van der Waals surface area contributed by atoms with Crippen LogP contribution in [0.25, 0.3) is 0 Å². The lowest BCUT2D eigenvalue weighted by Gasteiger charge is -2.46. The first-order valence-electron chi connectivity index (χ1n) is 11.8. The first-order valence-corrected chi connectivity index (χ1v) is 12.2. The highest BCUT2D eigenvalue weighted by Crippen LogP contribution is 2.27. The minimum absolute atomic E-state index is 0.235. The predicted molar refractivity (Wildman–Crippen MR) is 131 cm³/mol. The molecular formula is C25H29ClF3N3O5. The second kappa shape index (κ2) is 12.6. The van der Waals surface area contributed by atoms with Gasteiger partial charge in [0.2, 0.25) is 0 Å². The molecule has 3 heterocycles. The number of aliphatic carboxylic acids is 1. The Kier molecular flexibility index (Phi) is 9.74. The van der Waals surface area contributed by atoms with Crippen molar-refractivity contribution in [1.82, 2.24) is 9.88 Å². The highest BCUT2D eigenvalue weighted by molar-refractivity contribution is 6.30. The van der Waals surface area contributed by atoms with Crippen LogP contribution < -0.4 is 4.90 Å². The van der Waals surface area contributed by atoms with E-state index in [4.69, 9.17) is 26.2 Å². The number of carboxylic acid groups (broad SMARTS) is 2. The van der Waals surface area contributed by atoms with E-state index in [1.165, 1.54) is 11.6 Å². The molecule has 0 amide bonds. The summed E-state index contributed by atoms with van der Waals surface area (Å²) in [5, 5.41) is 17.1. The van der Waals surface area contributed by atoms with Crippen LogP contribution in [0.1, 0.15) is 35.7 Å². The van der Waals surface area contributed by atoms with Crippen LogP contribution in [0.4, 0.5) is 19.0 Å². The van der Waals surface area contributed by atoms with Crippen LogP contribution in [0, 0.1) is 0 Å². The van der Waals surface area contributed by atoms with Gasteiger partial charge in [-0.1, -0.05) is 23.7 Å². The van der Waals surface area contributed by atoms with Gasteiger partial charge in [0.05, 0.1) is 18.3 Å². The maximum atomic E-state index is 11.3. The van der Waals surface area contributed by atoms with Crippen molar-refractivity contribution in [2.45, 2.75) is 50.6 Å². The molecule has 12 heteroatoms. The number of morpholine rings is 1. The fraction of sp³-hybridized carbons (Fsp3) is 0.480. The van der Waals surface area contributed by atoms with E-state index >= 15 is 0 Å². The zero-order valence-corrected chi connectivity index (χ0v) is 21.0. The van der Waals surface area contributed by atoms with Gasteiger partial charge in [-0.05, 0) is 56.0 Å². The zero-order valence-electron chi connectivity index (χ0n) is 20.2. The van der Waals surface area contributed by atoms with E-state index in [1.54, 1.807) is 12.3 Å². The van der Waals surface area contributed by atoms with Gasteiger partial charge in [0.1, 0.15) is 5.82 Å². The van der Waals surface area contributed by atoms with E-state index in [1.807, 2.05) is 12.1 Å². The summed E-state index contributed by atoms with van der Waals surface area (Å²) in [6.07, 6.45) is -0.257. The van der Waals surface area contributed by atoms with Crippen molar-refractivity contribution < 1.29 is 37.7 Å². The third-order valence-electron chi connectivity index (χ3n) is 6.39. The number of nitrogens with zero attached hydrogens (tertiary/aromatic N) is 3. The summed E-state index contributed by atoms with van der Waals surface area (Å²) in [6.45, 7) is 5.57. The quantitative estimate of drug-likeness (QED) is 0.573. The molecule has 2 N–H and O–H groups in total. The van der Waals surface area contributed by atoms with E-state index in [-0.39, 0.29) is 11.7 Å². The first-order chi connectivity index (χ1) is 17.4. The maximum Gasteiger partial charge on any atom is 0.490 e. The van der Waals surface area contributed by atoms with Gasteiger partial charge in [0, 0.05) is 42.9 Å². The second-order valence-corrected chi connectivity index (χ2v) is 9.49. The third kappa shape index (κ3) is 8.31. The van der Waals surface area contributed by atoms with E-state index in [0.717, 1.165) is 56.3 Å². The summed E-state index contributed by atoms with van der Waals surface area (Å²) in [7, 11) is 0. The topological polar surface area (TPSA) is 103 Å². The summed E-state index contributed by atoms with van der Waals surface area (Å²) < 4.78 is 37.7. The SMILES string of the molecule is C[C@H]1CN(C2CCN(c3cc(C(=O)O)ccn3)CC2)[C@@H](Cc2ccc(Cl)cc2)CO1.O=C(O)C(F)(F)F. The molecule has 37 heavy (non-hydrogen) atoms. The highest BCUT2D eigenvalue weighted by Gasteiger charge is 2.38. The molecule has 0 saturated carbocycles. The molecule has 0 unspecified atom stereocenters. The molecule has 4 rings (SSSR count). The summed E-state index contributed by atoms with van der Waals surface area (Å²) in [6, 6.07) is 12.1. The molecule has 2 aliphatic heterocycles. The van der Waals surface area contributed by atoms with Crippen LogP contribution in [0.3, 0.4) is 0 Å². The van der Waals surface area contributed by atoms with Gasteiger partial charge in [-0.15, -0.1) is 0 Å². The summed E-state index contributed by atoms with van der Waals surface area (Å²) in [5.74, 6) is -2.92. The number of hydrogen-bond donors (Lipinski definition) is 2. The number of carbonyl (C=O) groups is 2. The maximum absolute atomic E-state index is 11.3. The lowest BCUT2D eigenvalue weighted by atomic mass is 9.96. The highest BCUT2D eigenvalue weighted by atomic mass is 35.5. The fourth-order valence-electron chi connectivity index (χ4n) is 4.54. The Bertz CT molecular complexity index is 1060. The Balaban J connectivity index is 0.000000479. The van der Waals surface area contributed by atoms with Crippen molar-refractivity contribution in [3.8, 4) is 0 Å². The van der Waals surface area contributed by atoms with Crippen LogP contribution in [-0.2, 0) is 16.0 Å². The summed E-state index contributed by atoms with van der Waals surface area (Å²) >= 11 is 6.04. The zero-order chi connectivity index (χ0) is 27.2. The Morgan fingerprint density at radius 2 is 1.76 bits per heavy atom. The lowest BCUT2D eigenvalue weighted by molar-refractivity contribution is -0.192. The molecule has 0 bridgehead atoms. The molecule has 202 valence electrons. The number of alkyl halides is 3. The summed E-state index contributed by atoms with van der Waals surface area (Å²) in [4.78, 5) is 29.4. The number of rotatable bonds is 5. The van der Waals surface area contributed by atoms with Gasteiger partial charge in [-0.25, -0.2) is 14.6 Å². The van der Waals surface area contributed by atoms with Gasteiger partial charge < -0.3 is 19.8 Å². The number of anilines is 1. The van der Waals surface area contributed by atoms with Crippen molar-refractivity contribution in [2.24, 2.45) is 0 Å². The van der Waals surface area contributed by atoms with Crippen molar-refractivity contribution >= 4 is 29.4 Å². The number of aromatic nitrogens is 1. The molecule has 2 aromatic rings. The standard InChI is InChI=1S/C23H28ClN3O3.C2HF3O2/c1-16-14-27(21(15-30-16)12-17-2-4-19(24)5-3-17)20-7-10-26(11-8-20)22-13-18(23(28)29)6-9-25-22;3-2(4,5)1(6)7/h2-6,9,13,16,20-21H,7-8,10-12,14-15H2,1H3,(H,28,29);(H,6,7)/t16-,21-;/m0./s1. The average molecular weight is 544 g/mol. The minimum Gasteiger partial charge on any atom is -0.478 e. The Morgan fingerprint density at radius 3 is 2.32 bits per heavy atom. The Labute approximate surface area is 217 Å². The monoisotopic (exact) mass is 543 g/mol. The van der Waals surface area contributed by atoms with E-state index in [9.17, 15) is 23.1 Å². The Hall–Kier alpha value is -2.89. The Morgan fingerprint density at radius 1 is 1.14 bits per heavy atom. The predicted octanol–water partition coefficient (Wildman–Crippen LogP) is 4.37. The minimum atomic E-state index is -5.08. The molecular weight excluding hydrogens is 515 g/mol. The molecule has 8 nitrogen and oxygen atoms in total. The van der Waals surface area contributed by atoms with E-state index in [0.29, 0.717) is 12.1 Å². The number of hydrogen-bond acceptors (Lipinski definition) is 6. The molecule has 0 radical (unpaired) electrons. The van der Waals surface area contributed by atoms with Gasteiger partial charge in [0.25, 0.3) is 0 Å². The molecule has 1 aromatic carbocycles. The van der Waals surface area contributed by atoms with Gasteiger partial charge in [-0.2, -0.15) is 13.2 Å². The average Bonchev–Trinajstić information content (AvgIpc) is 2.86. The molecule has 0 aliphatic carbocycles. The van der Waals surface area contributed by atoms with Gasteiger partial charge >= 0.3 is 18.1 Å². The normalized spacial score (nSPS) is 21.2. The number of pyridine rings is 1. The lowest BCUT2D eigenvalue weighted by Crippen LogP contribution is -2.56. The molecule has 2 saturated heterocycles. The number of piperidine rings is 1. The number of benzene rings is 1. The largest absolute Gasteiger partial charge is 0.490 e. The van der Waals surface area contributed by atoms with E-state index in [2.05, 4.69) is 33.8 Å². The third-order valence-corrected chi connectivity index (χ3v) is 6.64. The first kappa shape index (κ1) is 28.7. The number of carboxylic acids is 2. The second-order valence-electron chi connectivity index (χ2n) is 9.05. The smallest absolute Gasteiger partial charge is 0.478 e. The van der Waals surface area contributed by atoms with Gasteiger partial charge in [0.15, 0.2) is 0 Å². The molecule has 1 aromatic heterocycles. The van der Waals surface area contributed by atoms with Crippen molar-refractivity contribution in [3.63, 3.8) is 0 Å². The van der Waals surface area contributed by atoms with Crippen LogP contribution >= 0.6 is 11.6 Å². The van der Waals surface area contributed by atoms with Crippen molar-refractivity contribution in [3.05, 3.63) is 58.7 Å². The molecule has 2 atom stereocenters. The van der Waals surface area contributed by atoms with Crippen LogP contribution in [-0.4, -0.2) is 82.6 Å². The number of ether oxygens (including phenoxy) is 1. The fourth-order valence-corrected chi connectivity index (χ4v) is 4.66. The van der Waals surface area contributed by atoms with Gasteiger partial charge in [-0.3, -0.25) is 4.90 Å². The van der Waals surface area contributed by atoms with E-state index < -0.39 is 18.1 Å². The molecule has 2 aliphatic rings. The molecule has 0 spiro atoms. The van der Waals surface area contributed by atoms with Crippen molar-refractivity contribution in [2.75, 3.05) is 31.1 Å². The summed E-state index contributed by atoms with van der Waals surface area (Å²) in [5.41, 5.74) is 1.56.